The van der Waals surface area contributed by atoms with Crippen molar-refractivity contribution in [2.45, 2.75) is 81.1 Å². The molecule has 0 aliphatic carbocycles. The Hall–Kier alpha value is -3.15. The first-order chi connectivity index (χ1) is 15.3. The summed E-state index contributed by atoms with van der Waals surface area (Å²) >= 11 is 0. The van der Waals surface area contributed by atoms with Crippen LogP contribution in [-0.4, -0.2) is 26.7 Å². The van der Waals surface area contributed by atoms with Crippen molar-refractivity contribution >= 4 is 11.6 Å². The van der Waals surface area contributed by atoms with Gasteiger partial charge in [-0.1, -0.05) is 65.5 Å². The number of carbonyl (C=O) groups excluding carboxylic acids is 2. The molecule has 0 aliphatic rings. The number of aryl methyl sites for hydroxylation is 4. The number of benzene rings is 1. The molecule has 0 N–H and O–H groups in total. The van der Waals surface area contributed by atoms with Crippen LogP contribution < -0.4 is 0 Å². The minimum absolute atomic E-state index is 0. The molecule has 0 bridgehead atoms. The fourth-order valence-electron chi connectivity index (χ4n) is 2.58. The number of Topliss-reactive ketones (excluding diaryl/α,β-unsaturated/α-hetero) is 2. The van der Waals surface area contributed by atoms with Crippen LogP contribution in [-0.2, 0) is 25.7 Å². The molecule has 1 aromatic carbocycles. The number of carbonyl (C=O) groups is 2. The van der Waals surface area contributed by atoms with Gasteiger partial charge >= 0.3 is 0 Å². The van der Waals surface area contributed by atoms with Crippen LogP contribution in [0.25, 0.3) is 0 Å². The molecule has 0 unspecified atom stereocenters. The highest BCUT2D eigenvalue weighted by Crippen LogP contribution is 2.05. The number of hydrogen-bond donors (Lipinski definition) is 0. The lowest BCUT2D eigenvalue weighted by Gasteiger charge is -1.97. The van der Waals surface area contributed by atoms with Gasteiger partial charge in [-0.05, 0) is 42.5 Å². The predicted octanol–water partition coefficient (Wildman–Crippen LogP) is 6.52. The van der Waals surface area contributed by atoms with Crippen LogP contribution in [0.5, 0.6) is 0 Å². The molecule has 3 rings (SSSR count). The number of ketones is 2. The van der Waals surface area contributed by atoms with Crippen molar-refractivity contribution < 1.29 is 14.0 Å². The summed E-state index contributed by atoms with van der Waals surface area (Å²) in [5, 5.41) is 7.70. The van der Waals surface area contributed by atoms with Crippen LogP contribution in [0, 0.1) is 0 Å². The highest BCUT2D eigenvalue weighted by molar-refractivity contribution is 5.96. The van der Waals surface area contributed by atoms with Crippen molar-refractivity contribution in [1.82, 2.24) is 15.2 Å². The molecular weight excluding hydrogens is 414 g/mol. The number of hydrogen-bond acceptors (Lipinski definition) is 6. The Morgan fingerprint density at radius 1 is 0.727 bits per heavy atom. The minimum atomic E-state index is -0.127. The van der Waals surface area contributed by atoms with Crippen LogP contribution in [0.2, 0.25) is 0 Å². The van der Waals surface area contributed by atoms with Gasteiger partial charge in [-0.15, -0.1) is 10.2 Å². The monoisotopic (exact) mass is 453 g/mol. The molecule has 0 atom stereocenters. The molecule has 180 valence electrons. The molecular formula is C27H39N3O3. The summed E-state index contributed by atoms with van der Waals surface area (Å²) in [6.07, 6.45) is 5.07. The van der Waals surface area contributed by atoms with Gasteiger partial charge in [0, 0.05) is 26.7 Å². The van der Waals surface area contributed by atoms with Crippen LogP contribution >= 0.6 is 0 Å². The molecule has 0 amide bonds. The molecule has 6 heteroatoms. The van der Waals surface area contributed by atoms with Crippen LogP contribution in [0.1, 0.15) is 99.3 Å². The number of nitrogens with zero attached hydrogens (tertiary/aromatic N) is 3. The first-order valence-corrected chi connectivity index (χ1v) is 11.2. The molecule has 2 aromatic heterocycles. The maximum atomic E-state index is 10.8. The van der Waals surface area contributed by atoms with E-state index in [4.69, 9.17) is 4.42 Å². The summed E-state index contributed by atoms with van der Waals surface area (Å²) in [6, 6.07) is 13.7. The van der Waals surface area contributed by atoms with E-state index in [1.165, 1.54) is 25.0 Å². The Bertz CT molecular complexity index is 911. The highest BCUT2D eigenvalue weighted by atomic mass is 16.4. The molecule has 2 heterocycles. The third kappa shape index (κ3) is 11.3. The van der Waals surface area contributed by atoms with Gasteiger partial charge in [-0.25, -0.2) is 4.98 Å². The number of rotatable bonds is 7. The molecule has 0 saturated heterocycles. The van der Waals surface area contributed by atoms with Crippen molar-refractivity contribution in [3.63, 3.8) is 0 Å². The summed E-state index contributed by atoms with van der Waals surface area (Å²) in [7, 11) is 0. The highest BCUT2D eigenvalue weighted by Gasteiger charge is 2.04. The lowest BCUT2D eigenvalue weighted by atomic mass is 10.1. The molecule has 0 radical (unpaired) electrons. The molecule has 0 aliphatic heterocycles. The predicted molar refractivity (Wildman–Crippen MR) is 134 cm³/mol. The number of aromatic nitrogens is 3. The summed E-state index contributed by atoms with van der Waals surface area (Å²) < 4.78 is 5.25. The lowest BCUT2D eigenvalue weighted by molar-refractivity contribution is 0.101. The fourth-order valence-corrected chi connectivity index (χ4v) is 2.58. The fraction of sp³-hybridized carbons (Fsp3) is 0.444. The molecule has 6 nitrogen and oxygen atoms in total. The Morgan fingerprint density at radius 3 is 1.52 bits per heavy atom. The molecule has 0 saturated carbocycles. The Labute approximate surface area is 198 Å². The third-order valence-electron chi connectivity index (χ3n) is 4.58. The largest absolute Gasteiger partial charge is 0.425 e. The van der Waals surface area contributed by atoms with Crippen molar-refractivity contribution in [2.24, 2.45) is 0 Å². The average molecular weight is 454 g/mol. The van der Waals surface area contributed by atoms with E-state index in [-0.39, 0.29) is 19.0 Å². The van der Waals surface area contributed by atoms with Crippen LogP contribution in [0.4, 0.5) is 0 Å². The van der Waals surface area contributed by atoms with Crippen molar-refractivity contribution in [3.8, 4) is 0 Å². The van der Waals surface area contributed by atoms with Crippen LogP contribution in [0.15, 0.2) is 46.9 Å². The van der Waals surface area contributed by atoms with E-state index in [0.717, 1.165) is 43.9 Å². The molecule has 33 heavy (non-hydrogen) atoms. The zero-order valence-corrected chi connectivity index (χ0v) is 20.1. The first-order valence-electron chi connectivity index (χ1n) is 11.2. The quantitative estimate of drug-likeness (QED) is 0.379. The summed E-state index contributed by atoms with van der Waals surface area (Å²) in [6.45, 7) is 11.3. The maximum Gasteiger partial charge on any atom is 0.216 e. The SMILES string of the molecule is C.CC(=O)c1cccc(C(C)=O)n1.CCCc1nnc(CC)o1.CCc1ccc(CC)cc1. The van der Waals surface area contributed by atoms with Gasteiger partial charge < -0.3 is 4.42 Å². The van der Waals surface area contributed by atoms with E-state index in [0.29, 0.717) is 11.4 Å². The van der Waals surface area contributed by atoms with E-state index in [1.54, 1.807) is 18.2 Å². The summed E-state index contributed by atoms with van der Waals surface area (Å²) in [5.41, 5.74) is 3.53. The third-order valence-corrected chi connectivity index (χ3v) is 4.58. The molecule has 0 fully saturated rings. The Balaban J connectivity index is 0.000000461. The van der Waals surface area contributed by atoms with E-state index >= 15 is 0 Å². The van der Waals surface area contributed by atoms with Crippen molar-refractivity contribution in [2.75, 3.05) is 0 Å². The van der Waals surface area contributed by atoms with Crippen molar-refractivity contribution in [3.05, 3.63) is 76.8 Å². The second-order valence-electron chi connectivity index (χ2n) is 7.24. The maximum absolute atomic E-state index is 10.8. The first kappa shape index (κ1) is 29.9. The smallest absolute Gasteiger partial charge is 0.216 e. The molecule has 0 spiro atoms. The minimum Gasteiger partial charge on any atom is -0.425 e. The van der Waals surface area contributed by atoms with E-state index in [1.807, 2.05) is 6.92 Å². The van der Waals surface area contributed by atoms with Crippen LogP contribution in [0.3, 0.4) is 0 Å². The van der Waals surface area contributed by atoms with Gasteiger partial charge in [0.1, 0.15) is 11.4 Å². The normalized spacial score (nSPS) is 9.52. The van der Waals surface area contributed by atoms with Gasteiger partial charge in [0.05, 0.1) is 0 Å². The molecule has 3 aromatic rings. The van der Waals surface area contributed by atoms with E-state index in [2.05, 4.69) is 60.2 Å². The second kappa shape index (κ2) is 16.5. The topological polar surface area (TPSA) is 86.0 Å². The van der Waals surface area contributed by atoms with E-state index < -0.39 is 0 Å². The second-order valence-corrected chi connectivity index (χ2v) is 7.24. The Kier molecular flexibility index (Phi) is 14.9. The lowest BCUT2D eigenvalue weighted by Crippen LogP contribution is -2.02. The summed E-state index contributed by atoms with van der Waals surface area (Å²) in [4.78, 5) is 25.6. The van der Waals surface area contributed by atoms with Crippen molar-refractivity contribution in [1.29, 1.82) is 0 Å². The van der Waals surface area contributed by atoms with Gasteiger partial charge in [0.25, 0.3) is 0 Å². The van der Waals surface area contributed by atoms with E-state index in [9.17, 15) is 9.59 Å². The van der Waals surface area contributed by atoms with Gasteiger partial charge in [0.2, 0.25) is 11.8 Å². The average Bonchev–Trinajstić information content (AvgIpc) is 3.28. The van der Waals surface area contributed by atoms with Gasteiger partial charge in [-0.3, -0.25) is 9.59 Å². The number of pyridine rings is 1. The zero-order chi connectivity index (χ0) is 23.9. The standard InChI is InChI=1S/C10H14.C9H9NO2.C7H12N2O.CH4/c1-3-9-5-7-10(4-2)8-6-9;1-6(11)8-4-3-5-9(10-8)7(2)12;1-3-5-7-9-8-6(4-2)10-7;/h5-8H,3-4H2,1-2H3;3-5H,1-2H3;3-5H2,1-2H3;1H4. The van der Waals surface area contributed by atoms with Gasteiger partial charge in [0.15, 0.2) is 11.6 Å². The Morgan fingerprint density at radius 2 is 1.18 bits per heavy atom. The zero-order valence-electron chi connectivity index (χ0n) is 20.1. The van der Waals surface area contributed by atoms with Gasteiger partial charge in [-0.2, -0.15) is 0 Å². The summed E-state index contributed by atoms with van der Waals surface area (Å²) in [5.74, 6) is 1.25.